The molecular formula is C13H20O4. The second kappa shape index (κ2) is 5.98. The molecule has 0 saturated carbocycles. The van der Waals surface area contributed by atoms with E-state index in [1.807, 2.05) is 6.92 Å². The fourth-order valence-corrected chi connectivity index (χ4v) is 1.89. The molecule has 0 fully saturated rings. The van der Waals surface area contributed by atoms with Crippen molar-refractivity contribution in [1.29, 1.82) is 0 Å². The van der Waals surface area contributed by atoms with Crippen molar-refractivity contribution < 1.29 is 14.6 Å². The van der Waals surface area contributed by atoms with Gasteiger partial charge in [-0.2, -0.15) is 0 Å². The van der Waals surface area contributed by atoms with Gasteiger partial charge in [0, 0.05) is 0 Å². The van der Waals surface area contributed by atoms with Gasteiger partial charge in [0.2, 0.25) is 0 Å². The van der Waals surface area contributed by atoms with Crippen LogP contribution in [0, 0.1) is 13.8 Å². The molecule has 1 aromatic heterocycles. The summed E-state index contributed by atoms with van der Waals surface area (Å²) in [5.74, 6) is 0.506. The number of rotatable bonds is 5. The Morgan fingerprint density at radius 3 is 2.53 bits per heavy atom. The SMILES string of the molecule is CCCCC(O)C(O)c1c(C)cc(C)oc1=O. The molecule has 2 atom stereocenters. The van der Waals surface area contributed by atoms with Crippen molar-refractivity contribution in [2.24, 2.45) is 0 Å². The summed E-state index contributed by atoms with van der Waals surface area (Å²) >= 11 is 0. The van der Waals surface area contributed by atoms with Crippen LogP contribution in [-0.2, 0) is 0 Å². The molecule has 2 unspecified atom stereocenters. The van der Waals surface area contributed by atoms with Crippen LogP contribution in [0.25, 0.3) is 0 Å². The van der Waals surface area contributed by atoms with Gasteiger partial charge in [0.15, 0.2) is 0 Å². The molecule has 2 N–H and O–H groups in total. The highest BCUT2D eigenvalue weighted by molar-refractivity contribution is 5.25. The zero-order valence-electron chi connectivity index (χ0n) is 10.6. The number of hydrogen-bond donors (Lipinski definition) is 2. The van der Waals surface area contributed by atoms with Crippen molar-refractivity contribution in [3.63, 3.8) is 0 Å². The van der Waals surface area contributed by atoms with E-state index in [1.165, 1.54) is 0 Å². The van der Waals surface area contributed by atoms with Gasteiger partial charge in [-0.15, -0.1) is 0 Å². The fraction of sp³-hybridized carbons (Fsp3) is 0.615. The van der Waals surface area contributed by atoms with E-state index in [9.17, 15) is 15.0 Å². The van der Waals surface area contributed by atoms with Gasteiger partial charge in [-0.05, 0) is 31.9 Å². The summed E-state index contributed by atoms with van der Waals surface area (Å²) in [5.41, 5.74) is 0.256. The molecule has 4 nitrogen and oxygen atoms in total. The van der Waals surface area contributed by atoms with Crippen molar-refractivity contribution in [3.8, 4) is 0 Å². The number of unbranched alkanes of at least 4 members (excludes halogenated alkanes) is 1. The molecule has 4 heteroatoms. The summed E-state index contributed by atoms with van der Waals surface area (Å²) in [6, 6.07) is 1.69. The summed E-state index contributed by atoms with van der Waals surface area (Å²) in [5, 5.41) is 19.7. The second-order valence-corrected chi connectivity index (χ2v) is 4.40. The van der Waals surface area contributed by atoms with Gasteiger partial charge in [0.1, 0.15) is 11.9 Å². The Bertz CT molecular complexity index is 422. The van der Waals surface area contributed by atoms with Gasteiger partial charge in [-0.3, -0.25) is 0 Å². The van der Waals surface area contributed by atoms with Crippen LogP contribution in [0.15, 0.2) is 15.3 Å². The van der Waals surface area contributed by atoms with Gasteiger partial charge in [-0.25, -0.2) is 4.79 Å². The lowest BCUT2D eigenvalue weighted by molar-refractivity contribution is 0.00981. The molecule has 1 aromatic rings. The lowest BCUT2D eigenvalue weighted by Gasteiger charge is -2.18. The Morgan fingerprint density at radius 1 is 1.35 bits per heavy atom. The zero-order valence-corrected chi connectivity index (χ0v) is 10.6. The van der Waals surface area contributed by atoms with E-state index in [1.54, 1.807) is 19.9 Å². The van der Waals surface area contributed by atoms with Crippen LogP contribution < -0.4 is 5.63 Å². The highest BCUT2D eigenvalue weighted by Crippen LogP contribution is 2.21. The van der Waals surface area contributed by atoms with Gasteiger partial charge in [0.25, 0.3) is 0 Å². The van der Waals surface area contributed by atoms with Crippen LogP contribution in [0.4, 0.5) is 0 Å². The molecule has 1 rings (SSSR count). The van der Waals surface area contributed by atoms with Crippen LogP contribution in [0.2, 0.25) is 0 Å². The lowest BCUT2D eigenvalue weighted by atomic mass is 9.98. The van der Waals surface area contributed by atoms with Crippen LogP contribution in [-0.4, -0.2) is 16.3 Å². The normalized spacial score (nSPS) is 14.6. The van der Waals surface area contributed by atoms with E-state index < -0.39 is 17.8 Å². The van der Waals surface area contributed by atoms with E-state index in [0.29, 0.717) is 17.7 Å². The maximum atomic E-state index is 11.6. The van der Waals surface area contributed by atoms with Crippen LogP contribution in [0.5, 0.6) is 0 Å². The summed E-state index contributed by atoms with van der Waals surface area (Å²) < 4.78 is 4.94. The molecule has 0 aromatic carbocycles. The maximum Gasteiger partial charge on any atom is 0.342 e. The van der Waals surface area contributed by atoms with E-state index in [2.05, 4.69) is 0 Å². The number of aliphatic hydroxyl groups excluding tert-OH is 2. The molecule has 0 aliphatic heterocycles. The minimum absolute atomic E-state index is 0.166. The number of hydrogen-bond acceptors (Lipinski definition) is 4. The summed E-state index contributed by atoms with van der Waals surface area (Å²) in [6.07, 6.45) is 0.141. The van der Waals surface area contributed by atoms with E-state index >= 15 is 0 Å². The number of aryl methyl sites for hydroxylation is 2. The van der Waals surface area contributed by atoms with Crippen LogP contribution in [0.3, 0.4) is 0 Å². The minimum Gasteiger partial charge on any atom is -0.428 e. The molecule has 0 bridgehead atoms. The average molecular weight is 240 g/mol. The molecule has 0 aliphatic rings. The Morgan fingerprint density at radius 2 is 2.00 bits per heavy atom. The van der Waals surface area contributed by atoms with Crippen molar-refractivity contribution in [2.45, 2.75) is 52.2 Å². The smallest absolute Gasteiger partial charge is 0.342 e. The average Bonchev–Trinajstić information content (AvgIpc) is 2.24. The predicted octanol–water partition coefficient (Wildman–Crippen LogP) is 1.84. The highest BCUT2D eigenvalue weighted by atomic mass is 16.4. The van der Waals surface area contributed by atoms with Crippen LogP contribution >= 0.6 is 0 Å². The third kappa shape index (κ3) is 3.41. The Balaban J connectivity index is 2.96. The van der Waals surface area contributed by atoms with E-state index in [0.717, 1.165) is 12.8 Å². The molecule has 0 saturated heterocycles. The minimum atomic E-state index is -1.17. The second-order valence-electron chi connectivity index (χ2n) is 4.40. The molecule has 0 spiro atoms. The summed E-state index contributed by atoms with van der Waals surface area (Å²) in [7, 11) is 0. The van der Waals surface area contributed by atoms with Gasteiger partial charge >= 0.3 is 5.63 Å². The highest BCUT2D eigenvalue weighted by Gasteiger charge is 2.23. The molecule has 1 heterocycles. The quantitative estimate of drug-likeness (QED) is 0.823. The van der Waals surface area contributed by atoms with Crippen molar-refractivity contribution in [1.82, 2.24) is 0 Å². The third-order valence-electron chi connectivity index (χ3n) is 2.83. The Kier molecular flexibility index (Phi) is 4.90. The van der Waals surface area contributed by atoms with Gasteiger partial charge in [0.05, 0.1) is 11.7 Å². The molecular weight excluding hydrogens is 220 g/mol. The Hall–Kier alpha value is -1.13. The summed E-state index contributed by atoms with van der Waals surface area (Å²) in [4.78, 5) is 11.6. The van der Waals surface area contributed by atoms with Crippen LogP contribution in [0.1, 0.15) is 49.2 Å². The van der Waals surface area contributed by atoms with E-state index in [4.69, 9.17) is 4.42 Å². The van der Waals surface area contributed by atoms with E-state index in [-0.39, 0.29) is 5.56 Å². The standard InChI is InChI=1S/C13H20O4/c1-4-5-6-10(14)12(15)11-8(2)7-9(3)17-13(11)16/h7,10,12,14-15H,4-6H2,1-3H3. The first-order valence-electron chi connectivity index (χ1n) is 5.94. The Labute approximate surface area is 101 Å². The molecule has 0 aliphatic carbocycles. The fourth-order valence-electron chi connectivity index (χ4n) is 1.89. The lowest BCUT2D eigenvalue weighted by Crippen LogP contribution is -2.25. The maximum absolute atomic E-state index is 11.6. The number of aliphatic hydroxyl groups is 2. The van der Waals surface area contributed by atoms with Gasteiger partial charge < -0.3 is 14.6 Å². The molecule has 0 radical (unpaired) electrons. The molecule has 96 valence electrons. The van der Waals surface area contributed by atoms with Crippen molar-refractivity contribution in [3.05, 3.63) is 33.4 Å². The first-order valence-corrected chi connectivity index (χ1v) is 5.94. The zero-order chi connectivity index (χ0) is 13.0. The first kappa shape index (κ1) is 13.9. The predicted molar refractivity (Wildman–Crippen MR) is 64.9 cm³/mol. The molecule has 0 amide bonds. The van der Waals surface area contributed by atoms with Crippen molar-refractivity contribution in [2.75, 3.05) is 0 Å². The molecule has 17 heavy (non-hydrogen) atoms. The largest absolute Gasteiger partial charge is 0.428 e. The third-order valence-corrected chi connectivity index (χ3v) is 2.83. The van der Waals surface area contributed by atoms with Gasteiger partial charge in [-0.1, -0.05) is 19.8 Å². The monoisotopic (exact) mass is 240 g/mol. The topological polar surface area (TPSA) is 70.7 Å². The first-order chi connectivity index (χ1) is 7.97. The van der Waals surface area contributed by atoms with Crippen molar-refractivity contribution >= 4 is 0 Å². The summed E-state index contributed by atoms with van der Waals surface area (Å²) in [6.45, 7) is 5.41.